The number of thiazole rings is 1. The second kappa shape index (κ2) is 7.48. The summed E-state index contributed by atoms with van der Waals surface area (Å²) in [4.78, 5) is 35.8. The highest BCUT2D eigenvalue weighted by Crippen LogP contribution is 2.24. The molecule has 0 radical (unpaired) electrons. The van der Waals surface area contributed by atoms with E-state index in [0.717, 1.165) is 11.3 Å². The first-order chi connectivity index (χ1) is 13.9. The van der Waals surface area contributed by atoms with Crippen molar-refractivity contribution >= 4 is 33.9 Å². The highest BCUT2D eigenvalue weighted by atomic mass is 32.1. The number of amides is 2. The Morgan fingerprint density at radius 3 is 2.59 bits per heavy atom. The van der Waals surface area contributed by atoms with Gasteiger partial charge in [-0.05, 0) is 19.1 Å². The first-order valence-corrected chi connectivity index (χ1v) is 9.78. The summed E-state index contributed by atoms with van der Waals surface area (Å²) in [5.74, 6) is -0.429. The molecule has 1 N–H and O–H groups in total. The molecule has 0 saturated heterocycles. The Kier molecular flexibility index (Phi) is 4.85. The summed E-state index contributed by atoms with van der Waals surface area (Å²) < 4.78 is 1.88. The Morgan fingerprint density at radius 1 is 1.10 bits per heavy atom. The van der Waals surface area contributed by atoms with Crippen molar-refractivity contribution in [2.75, 3.05) is 19.4 Å². The van der Waals surface area contributed by atoms with Crippen LogP contribution >= 0.6 is 11.3 Å². The molecule has 0 fully saturated rings. The molecule has 0 aliphatic heterocycles. The van der Waals surface area contributed by atoms with Crippen LogP contribution in [0.4, 0.5) is 5.13 Å². The summed E-state index contributed by atoms with van der Waals surface area (Å²) >= 11 is 1.17. The number of carbonyl (C=O) groups is 2. The van der Waals surface area contributed by atoms with Crippen molar-refractivity contribution < 1.29 is 9.59 Å². The maximum absolute atomic E-state index is 12.7. The van der Waals surface area contributed by atoms with Crippen LogP contribution in [0.15, 0.2) is 54.9 Å². The van der Waals surface area contributed by atoms with Crippen LogP contribution in [0, 0.1) is 6.92 Å². The lowest BCUT2D eigenvalue weighted by Crippen LogP contribution is -2.21. The number of nitrogens with zero attached hydrogens (tertiary/aromatic N) is 4. The molecule has 4 aromatic rings. The van der Waals surface area contributed by atoms with Gasteiger partial charge in [0, 0.05) is 37.6 Å². The Morgan fingerprint density at radius 2 is 1.86 bits per heavy atom. The number of aryl methyl sites for hydroxylation is 1. The van der Waals surface area contributed by atoms with E-state index < -0.39 is 0 Å². The summed E-state index contributed by atoms with van der Waals surface area (Å²) in [5, 5.41) is 3.17. The van der Waals surface area contributed by atoms with Crippen LogP contribution in [0.5, 0.6) is 0 Å². The van der Waals surface area contributed by atoms with E-state index in [1.165, 1.54) is 16.2 Å². The summed E-state index contributed by atoms with van der Waals surface area (Å²) in [7, 11) is 3.37. The third kappa shape index (κ3) is 3.74. The van der Waals surface area contributed by atoms with Crippen LogP contribution in [-0.4, -0.2) is 45.2 Å². The number of pyridine rings is 1. The van der Waals surface area contributed by atoms with E-state index in [-0.39, 0.29) is 11.8 Å². The number of rotatable bonds is 4. The molecule has 8 heteroatoms. The predicted octanol–water partition coefficient (Wildman–Crippen LogP) is 3.72. The normalized spacial score (nSPS) is 10.9. The van der Waals surface area contributed by atoms with Crippen LogP contribution in [0.1, 0.15) is 25.7 Å². The molecule has 7 nitrogen and oxygen atoms in total. The van der Waals surface area contributed by atoms with E-state index in [1.54, 1.807) is 39.3 Å². The lowest BCUT2D eigenvalue weighted by atomic mass is 10.2. The molecule has 0 aliphatic rings. The maximum atomic E-state index is 12.7. The van der Waals surface area contributed by atoms with Crippen molar-refractivity contribution in [3.8, 4) is 11.3 Å². The lowest BCUT2D eigenvalue weighted by molar-refractivity contribution is 0.0831. The smallest absolute Gasteiger partial charge is 0.265 e. The van der Waals surface area contributed by atoms with Gasteiger partial charge >= 0.3 is 0 Å². The Labute approximate surface area is 171 Å². The van der Waals surface area contributed by atoms with E-state index in [4.69, 9.17) is 0 Å². The van der Waals surface area contributed by atoms with E-state index >= 15 is 0 Å². The van der Waals surface area contributed by atoms with Crippen molar-refractivity contribution in [1.29, 1.82) is 0 Å². The topological polar surface area (TPSA) is 79.6 Å². The van der Waals surface area contributed by atoms with Gasteiger partial charge in [-0.15, -0.1) is 0 Å². The number of aromatic nitrogens is 3. The van der Waals surface area contributed by atoms with Gasteiger partial charge < -0.3 is 9.30 Å². The van der Waals surface area contributed by atoms with Crippen molar-refractivity contribution in [2.45, 2.75) is 6.92 Å². The number of fused-ring (bicyclic) bond motifs is 1. The van der Waals surface area contributed by atoms with E-state index in [0.29, 0.717) is 26.9 Å². The van der Waals surface area contributed by atoms with Crippen molar-refractivity contribution in [3.63, 3.8) is 0 Å². The van der Waals surface area contributed by atoms with Gasteiger partial charge in [0.25, 0.3) is 11.8 Å². The number of imidazole rings is 1. The van der Waals surface area contributed by atoms with Crippen molar-refractivity contribution in [1.82, 2.24) is 19.3 Å². The maximum Gasteiger partial charge on any atom is 0.265 e. The second-order valence-corrected chi connectivity index (χ2v) is 7.76. The third-order valence-corrected chi connectivity index (χ3v) is 5.47. The molecule has 0 saturated carbocycles. The molecule has 146 valence electrons. The molecule has 0 spiro atoms. The summed E-state index contributed by atoms with van der Waals surface area (Å²) in [6.45, 7) is 1.75. The fourth-order valence-corrected chi connectivity index (χ4v) is 3.87. The number of carbonyl (C=O) groups excluding carboxylic acids is 2. The minimum Gasteiger partial charge on any atom is -0.344 e. The average Bonchev–Trinajstić information content (AvgIpc) is 3.30. The van der Waals surface area contributed by atoms with Crippen LogP contribution in [0.3, 0.4) is 0 Å². The molecule has 29 heavy (non-hydrogen) atoms. The predicted molar refractivity (Wildman–Crippen MR) is 113 cm³/mol. The van der Waals surface area contributed by atoms with Gasteiger partial charge in [0.2, 0.25) is 0 Å². The quantitative estimate of drug-likeness (QED) is 0.561. The first kappa shape index (κ1) is 18.8. The van der Waals surface area contributed by atoms with Crippen molar-refractivity contribution in [3.05, 3.63) is 71.0 Å². The van der Waals surface area contributed by atoms with Crippen LogP contribution in [-0.2, 0) is 0 Å². The number of hydrogen-bond acceptors (Lipinski definition) is 5. The van der Waals surface area contributed by atoms with Crippen LogP contribution in [0.2, 0.25) is 0 Å². The van der Waals surface area contributed by atoms with Gasteiger partial charge in [0.05, 0.1) is 11.4 Å². The minimum absolute atomic E-state index is 0.132. The summed E-state index contributed by atoms with van der Waals surface area (Å²) in [6, 6.07) is 13.3. The molecule has 4 rings (SSSR count). The van der Waals surface area contributed by atoms with Crippen molar-refractivity contribution in [2.24, 2.45) is 0 Å². The summed E-state index contributed by atoms with van der Waals surface area (Å²) in [6.07, 6.45) is 3.73. The molecular weight excluding hydrogens is 386 g/mol. The summed E-state index contributed by atoms with van der Waals surface area (Å²) in [5.41, 5.74) is 3.59. The zero-order valence-corrected chi connectivity index (χ0v) is 17.0. The van der Waals surface area contributed by atoms with Crippen LogP contribution < -0.4 is 5.32 Å². The third-order valence-electron chi connectivity index (χ3n) is 4.41. The zero-order chi connectivity index (χ0) is 20.5. The molecule has 0 bridgehead atoms. The molecule has 0 atom stereocenters. The number of anilines is 1. The van der Waals surface area contributed by atoms with E-state index in [9.17, 15) is 9.59 Å². The molecular formula is C21H19N5O2S. The molecule has 3 aromatic heterocycles. The standard InChI is InChI=1S/C21H19N5O2S/c1-13-18(20(28)25(2)3)29-21(22-13)24-19(27)15-9-10-26-12-16(23-17(26)11-15)14-7-5-4-6-8-14/h4-12H,1-3H3,(H,22,24,27). The largest absolute Gasteiger partial charge is 0.344 e. The molecule has 0 unspecified atom stereocenters. The fraction of sp³-hybridized carbons (Fsp3) is 0.143. The number of hydrogen-bond donors (Lipinski definition) is 1. The Hall–Kier alpha value is -3.52. The Balaban J connectivity index is 1.58. The van der Waals surface area contributed by atoms with Gasteiger partial charge in [-0.1, -0.05) is 41.7 Å². The molecule has 1 aromatic carbocycles. The first-order valence-electron chi connectivity index (χ1n) is 8.97. The van der Waals surface area contributed by atoms with Crippen LogP contribution in [0.25, 0.3) is 16.9 Å². The Bertz CT molecular complexity index is 1210. The van der Waals surface area contributed by atoms with Gasteiger partial charge in [-0.3, -0.25) is 14.9 Å². The monoisotopic (exact) mass is 405 g/mol. The highest BCUT2D eigenvalue weighted by molar-refractivity contribution is 7.17. The van der Waals surface area contributed by atoms with E-state index in [1.807, 2.05) is 40.9 Å². The van der Waals surface area contributed by atoms with Gasteiger partial charge in [-0.2, -0.15) is 0 Å². The molecule has 3 heterocycles. The van der Waals surface area contributed by atoms with Gasteiger partial charge in [0.1, 0.15) is 10.5 Å². The minimum atomic E-state index is -0.297. The lowest BCUT2D eigenvalue weighted by Gasteiger charge is -2.07. The fourth-order valence-electron chi connectivity index (χ4n) is 2.89. The zero-order valence-electron chi connectivity index (χ0n) is 16.2. The van der Waals surface area contributed by atoms with E-state index in [2.05, 4.69) is 15.3 Å². The highest BCUT2D eigenvalue weighted by Gasteiger charge is 2.18. The SMILES string of the molecule is Cc1nc(NC(=O)c2ccn3cc(-c4ccccc4)nc3c2)sc1C(=O)N(C)C. The second-order valence-electron chi connectivity index (χ2n) is 6.76. The van der Waals surface area contributed by atoms with Gasteiger partial charge in [0.15, 0.2) is 5.13 Å². The number of nitrogens with one attached hydrogen (secondary N) is 1. The van der Waals surface area contributed by atoms with Gasteiger partial charge in [-0.25, -0.2) is 9.97 Å². The molecule has 2 amide bonds. The number of benzene rings is 1. The average molecular weight is 405 g/mol. The molecule has 0 aliphatic carbocycles.